The van der Waals surface area contributed by atoms with E-state index in [0.717, 1.165) is 5.56 Å². The van der Waals surface area contributed by atoms with Crippen LogP contribution in [0, 0.1) is 5.92 Å². The molecular weight excluding hydrogens is 462 g/mol. The third-order valence-electron chi connectivity index (χ3n) is 5.31. The van der Waals surface area contributed by atoms with Gasteiger partial charge in [0.05, 0.1) is 12.5 Å². The summed E-state index contributed by atoms with van der Waals surface area (Å²) >= 11 is 4.06. The molecule has 8 N–H and O–H groups in total. The largest absolute Gasteiger partial charge is 0.480 e. The number of carbonyl (C=O) groups excluding carboxylic acids is 4. The van der Waals surface area contributed by atoms with Crippen LogP contribution in [0.15, 0.2) is 30.3 Å². The number of carboxylic acids is 1. The number of aliphatic carboxylic acids is 1. The number of benzene rings is 1. The van der Waals surface area contributed by atoms with Crippen LogP contribution in [0.25, 0.3) is 0 Å². The Morgan fingerprint density at radius 3 is 1.97 bits per heavy atom. The van der Waals surface area contributed by atoms with Crippen molar-refractivity contribution in [3.63, 3.8) is 0 Å². The van der Waals surface area contributed by atoms with E-state index in [-0.39, 0.29) is 18.1 Å². The average Bonchev–Trinajstić information content (AvgIpc) is 2.80. The zero-order chi connectivity index (χ0) is 25.8. The van der Waals surface area contributed by atoms with Crippen LogP contribution < -0.4 is 27.4 Å². The Kier molecular flexibility index (Phi) is 12.1. The summed E-state index contributed by atoms with van der Waals surface area (Å²) in [5.74, 6) is -4.70. The normalized spacial score (nSPS) is 15.2. The lowest BCUT2D eigenvalue weighted by Gasteiger charge is -2.25. The summed E-state index contributed by atoms with van der Waals surface area (Å²) in [6, 6.07) is 4.27. The molecule has 1 aromatic carbocycles. The first kappa shape index (κ1) is 28.9. The van der Waals surface area contributed by atoms with Gasteiger partial charge < -0.3 is 32.5 Å². The minimum absolute atomic E-state index is 0.116. The maximum absolute atomic E-state index is 13.0. The number of hydrogen-bond acceptors (Lipinski definition) is 7. The molecule has 0 fully saturated rings. The van der Waals surface area contributed by atoms with Gasteiger partial charge in [0.25, 0.3) is 0 Å². The molecule has 34 heavy (non-hydrogen) atoms. The SMILES string of the molecule is CCC(C)C(N)C(=O)NC(Cc1ccccc1)C(=O)NC(CS)C(=O)NC(CC(N)=O)C(=O)O. The van der Waals surface area contributed by atoms with Crippen LogP contribution >= 0.6 is 12.6 Å². The molecule has 0 saturated heterocycles. The van der Waals surface area contributed by atoms with E-state index in [2.05, 4.69) is 28.6 Å². The van der Waals surface area contributed by atoms with Gasteiger partial charge in [-0.2, -0.15) is 12.6 Å². The van der Waals surface area contributed by atoms with Crippen molar-refractivity contribution in [2.24, 2.45) is 17.4 Å². The van der Waals surface area contributed by atoms with Crippen LogP contribution in [0.3, 0.4) is 0 Å². The van der Waals surface area contributed by atoms with Crippen LogP contribution in [-0.4, -0.2) is 64.6 Å². The third kappa shape index (κ3) is 9.40. The van der Waals surface area contributed by atoms with Crippen LogP contribution in [-0.2, 0) is 30.4 Å². The van der Waals surface area contributed by atoms with E-state index in [0.29, 0.717) is 6.42 Å². The van der Waals surface area contributed by atoms with E-state index in [1.54, 1.807) is 24.3 Å². The molecule has 1 aromatic rings. The fourth-order valence-electron chi connectivity index (χ4n) is 2.98. The minimum atomic E-state index is -1.56. The van der Waals surface area contributed by atoms with Gasteiger partial charge in [-0.15, -0.1) is 0 Å². The second-order valence-corrected chi connectivity index (χ2v) is 8.34. The highest BCUT2D eigenvalue weighted by atomic mass is 32.1. The van der Waals surface area contributed by atoms with Crippen molar-refractivity contribution in [2.75, 3.05) is 5.75 Å². The number of amides is 4. The summed E-state index contributed by atoms with van der Waals surface area (Å²) in [6.45, 7) is 3.72. The average molecular weight is 496 g/mol. The van der Waals surface area contributed by atoms with Crippen molar-refractivity contribution in [1.29, 1.82) is 0 Å². The standard InChI is InChI=1S/C22H33N5O6S/c1-3-12(2)18(24)21(31)25-14(9-13-7-5-4-6-8-13)19(29)27-16(11-34)20(30)26-15(22(32)33)10-17(23)28/h4-8,12,14-16,18,34H,3,9-11,24H2,1-2H3,(H2,23,28)(H,25,31)(H,26,30)(H,27,29)(H,32,33). The van der Waals surface area contributed by atoms with Gasteiger partial charge in [0.1, 0.15) is 18.1 Å². The molecule has 1 rings (SSSR count). The summed E-state index contributed by atoms with van der Waals surface area (Å²) < 4.78 is 0. The van der Waals surface area contributed by atoms with Gasteiger partial charge in [-0.3, -0.25) is 19.2 Å². The summed E-state index contributed by atoms with van der Waals surface area (Å²) in [5.41, 5.74) is 11.8. The molecule has 0 saturated carbocycles. The van der Waals surface area contributed by atoms with Crippen molar-refractivity contribution in [1.82, 2.24) is 16.0 Å². The van der Waals surface area contributed by atoms with Crippen molar-refractivity contribution in [3.05, 3.63) is 35.9 Å². The van der Waals surface area contributed by atoms with Crippen molar-refractivity contribution in [2.45, 2.75) is 57.3 Å². The number of carbonyl (C=O) groups is 5. The van der Waals surface area contributed by atoms with Gasteiger partial charge in [0.2, 0.25) is 23.6 Å². The van der Waals surface area contributed by atoms with Gasteiger partial charge in [0, 0.05) is 12.2 Å². The highest BCUT2D eigenvalue weighted by molar-refractivity contribution is 7.80. The zero-order valence-electron chi connectivity index (χ0n) is 19.2. The molecule has 0 aliphatic rings. The Labute approximate surface area is 203 Å². The van der Waals surface area contributed by atoms with Crippen LogP contribution in [0.5, 0.6) is 0 Å². The number of primary amides is 1. The number of thiol groups is 1. The van der Waals surface area contributed by atoms with E-state index < -0.39 is 60.2 Å². The van der Waals surface area contributed by atoms with Gasteiger partial charge >= 0.3 is 5.97 Å². The highest BCUT2D eigenvalue weighted by Gasteiger charge is 2.31. The Morgan fingerprint density at radius 2 is 1.47 bits per heavy atom. The summed E-state index contributed by atoms with van der Waals surface area (Å²) in [5, 5.41) is 16.5. The van der Waals surface area contributed by atoms with E-state index in [1.807, 2.05) is 19.9 Å². The van der Waals surface area contributed by atoms with Crippen LogP contribution in [0.4, 0.5) is 0 Å². The molecule has 188 valence electrons. The van der Waals surface area contributed by atoms with Gasteiger partial charge in [-0.1, -0.05) is 50.6 Å². The number of nitrogens with one attached hydrogen (secondary N) is 3. The number of carboxylic acid groups (broad SMARTS) is 1. The molecule has 12 heteroatoms. The maximum atomic E-state index is 13.0. The second kappa shape index (κ2) is 14.2. The van der Waals surface area contributed by atoms with Crippen molar-refractivity contribution >= 4 is 42.2 Å². The Morgan fingerprint density at radius 1 is 0.941 bits per heavy atom. The first-order chi connectivity index (χ1) is 16.0. The molecule has 5 unspecified atom stereocenters. The molecule has 5 atom stereocenters. The summed E-state index contributed by atoms with van der Waals surface area (Å²) in [4.78, 5) is 60.6. The molecule has 0 aliphatic heterocycles. The monoisotopic (exact) mass is 495 g/mol. The molecule has 0 aromatic heterocycles. The molecule has 0 heterocycles. The van der Waals surface area contributed by atoms with Gasteiger partial charge in [0.15, 0.2) is 0 Å². The van der Waals surface area contributed by atoms with E-state index in [9.17, 15) is 29.1 Å². The highest BCUT2D eigenvalue weighted by Crippen LogP contribution is 2.08. The first-order valence-electron chi connectivity index (χ1n) is 10.8. The summed E-state index contributed by atoms with van der Waals surface area (Å²) in [6.07, 6.45) is 0.183. The van der Waals surface area contributed by atoms with Crippen molar-refractivity contribution in [3.8, 4) is 0 Å². The predicted molar refractivity (Wildman–Crippen MR) is 129 cm³/mol. The summed E-state index contributed by atoms with van der Waals surface area (Å²) in [7, 11) is 0. The number of hydrogen-bond donors (Lipinski definition) is 7. The molecule has 0 bridgehead atoms. The lowest BCUT2D eigenvalue weighted by molar-refractivity contribution is -0.143. The smallest absolute Gasteiger partial charge is 0.326 e. The minimum Gasteiger partial charge on any atom is -0.480 e. The van der Waals surface area contributed by atoms with Gasteiger partial charge in [-0.05, 0) is 11.5 Å². The van der Waals surface area contributed by atoms with Crippen molar-refractivity contribution < 1.29 is 29.1 Å². The molecule has 0 aliphatic carbocycles. The maximum Gasteiger partial charge on any atom is 0.326 e. The lowest BCUT2D eigenvalue weighted by atomic mass is 9.98. The predicted octanol–water partition coefficient (Wildman–Crippen LogP) is -1.05. The topological polar surface area (TPSA) is 194 Å². The van der Waals surface area contributed by atoms with Crippen LogP contribution in [0.1, 0.15) is 32.3 Å². The Hall–Kier alpha value is -3.12. The molecule has 11 nitrogen and oxygen atoms in total. The quantitative estimate of drug-likeness (QED) is 0.160. The Balaban J connectivity index is 3.01. The first-order valence-corrected chi connectivity index (χ1v) is 11.5. The van der Waals surface area contributed by atoms with E-state index in [4.69, 9.17) is 11.5 Å². The molecule has 0 radical (unpaired) electrons. The fourth-order valence-corrected chi connectivity index (χ4v) is 3.24. The second-order valence-electron chi connectivity index (χ2n) is 7.98. The van der Waals surface area contributed by atoms with E-state index >= 15 is 0 Å². The molecular formula is C22H33N5O6S. The zero-order valence-corrected chi connectivity index (χ0v) is 20.1. The Bertz CT molecular complexity index is 869. The molecule has 4 amide bonds. The molecule has 0 spiro atoms. The van der Waals surface area contributed by atoms with E-state index in [1.165, 1.54) is 0 Å². The third-order valence-corrected chi connectivity index (χ3v) is 5.68. The number of rotatable bonds is 14. The number of nitrogens with two attached hydrogens (primary N) is 2. The van der Waals surface area contributed by atoms with Crippen LogP contribution in [0.2, 0.25) is 0 Å². The lowest BCUT2D eigenvalue weighted by Crippen LogP contribution is -2.58. The fraction of sp³-hybridized carbons (Fsp3) is 0.500. The van der Waals surface area contributed by atoms with Gasteiger partial charge in [-0.25, -0.2) is 4.79 Å².